The van der Waals surface area contributed by atoms with Crippen LogP contribution in [0.4, 0.5) is 5.69 Å². The van der Waals surface area contributed by atoms with Crippen LogP contribution in [0, 0.1) is 11.3 Å². The standard InChI is InChI=1S/C16H15N5O2/c1-20-10-13(9-18-20)21-7-6-14(16(21)23)19-15(22)12-4-2-11(8-17)3-5-12/h2-5,9-10,14H,6-7H2,1H3,(H,19,22). The van der Waals surface area contributed by atoms with Crippen molar-refractivity contribution in [1.29, 1.82) is 5.26 Å². The summed E-state index contributed by atoms with van der Waals surface area (Å²) in [4.78, 5) is 26.2. The molecule has 0 saturated carbocycles. The zero-order valence-corrected chi connectivity index (χ0v) is 12.6. The van der Waals surface area contributed by atoms with E-state index < -0.39 is 6.04 Å². The highest BCUT2D eigenvalue weighted by molar-refractivity contribution is 6.03. The highest BCUT2D eigenvalue weighted by atomic mass is 16.2. The van der Waals surface area contributed by atoms with Crippen LogP contribution in [0.3, 0.4) is 0 Å². The Morgan fingerprint density at radius 1 is 1.39 bits per heavy atom. The number of aromatic nitrogens is 2. The predicted molar refractivity (Wildman–Crippen MR) is 82.6 cm³/mol. The number of nitriles is 1. The van der Waals surface area contributed by atoms with Crippen molar-refractivity contribution in [3.63, 3.8) is 0 Å². The minimum atomic E-state index is -0.543. The molecule has 1 aromatic carbocycles. The molecule has 1 aromatic heterocycles. The van der Waals surface area contributed by atoms with Gasteiger partial charge in [0, 0.05) is 25.4 Å². The van der Waals surface area contributed by atoms with Gasteiger partial charge < -0.3 is 10.2 Å². The van der Waals surface area contributed by atoms with Crippen LogP contribution in [0.15, 0.2) is 36.7 Å². The Balaban J connectivity index is 1.67. The molecule has 7 nitrogen and oxygen atoms in total. The predicted octanol–water partition coefficient (Wildman–Crippen LogP) is 0.827. The van der Waals surface area contributed by atoms with Crippen molar-refractivity contribution in [3.05, 3.63) is 47.8 Å². The summed E-state index contributed by atoms with van der Waals surface area (Å²) in [6.07, 6.45) is 3.95. The Kier molecular flexibility index (Phi) is 3.81. The molecule has 2 aromatic rings. The average Bonchev–Trinajstić information content (AvgIpc) is 3.14. The molecule has 7 heteroatoms. The maximum Gasteiger partial charge on any atom is 0.251 e. The van der Waals surface area contributed by atoms with Crippen molar-refractivity contribution < 1.29 is 9.59 Å². The number of benzene rings is 1. The van der Waals surface area contributed by atoms with Gasteiger partial charge in [0.2, 0.25) is 5.91 Å². The van der Waals surface area contributed by atoms with Gasteiger partial charge in [-0.2, -0.15) is 10.4 Å². The maximum atomic E-state index is 12.4. The summed E-state index contributed by atoms with van der Waals surface area (Å²) in [5.41, 5.74) is 1.64. The summed E-state index contributed by atoms with van der Waals surface area (Å²) >= 11 is 0. The molecule has 0 bridgehead atoms. The minimum absolute atomic E-state index is 0.139. The SMILES string of the molecule is Cn1cc(N2CCC(NC(=O)c3ccc(C#N)cc3)C2=O)cn1. The van der Waals surface area contributed by atoms with Crippen molar-refractivity contribution in [3.8, 4) is 6.07 Å². The van der Waals surface area contributed by atoms with Crippen molar-refractivity contribution in [2.45, 2.75) is 12.5 Å². The lowest BCUT2D eigenvalue weighted by Gasteiger charge is -2.15. The molecular formula is C16H15N5O2. The number of hydrogen-bond donors (Lipinski definition) is 1. The summed E-state index contributed by atoms with van der Waals surface area (Å²) in [5, 5.41) is 15.6. The first-order valence-corrected chi connectivity index (χ1v) is 7.19. The monoisotopic (exact) mass is 309 g/mol. The van der Waals surface area contributed by atoms with Crippen molar-refractivity contribution in [2.24, 2.45) is 7.05 Å². The molecule has 1 aliphatic heterocycles. The Labute approximate surface area is 133 Å². The highest BCUT2D eigenvalue weighted by Crippen LogP contribution is 2.20. The van der Waals surface area contributed by atoms with Gasteiger partial charge >= 0.3 is 0 Å². The lowest BCUT2D eigenvalue weighted by Crippen LogP contribution is -2.41. The van der Waals surface area contributed by atoms with Crippen LogP contribution >= 0.6 is 0 Å². The number of anilines is 1. The Morgan fingerprint density at radius 3 is 2.74 bits per heavy atom. The fourth-order valence-corrected chi connectivity index (χ4v) is 2.56. The molecule has 2 amide bonds. The van der Waals surface area contributed by atoms with Crippen molar-refractivity contribution >= 4 is 17.5 Å². The fourth-order valence-electron chi connectivity index (χ4n) is 2.56. The lowest BCUT2D eigenvalue weighted by atomic mass is 10.1. The molecule has 0 radical (unpaired) electrons. The molecule has 1 aliphatic rings. The van der Waals surface area contributed by atoms with Crippen LogP contribution in [0.25, 0.3) is 0 Å². The van der Waals surface area contributed by atoms with E-state index >= 15 is 0 Å². The normalized spacial score (nSPS) is 17.1. The fraction of sp³-hybridized carbons (Fsp3) is 0.250. The molecule has 23 heavy (non-hydrogen) atoms. The molecule has 1 unspecified atom stereocenters. The van der Waals surface area contributed by atoms with E-state index in [9.17, 15) is 9.59 Å². The van der Waals surface area contributed by atoms with Gasteiger partial charge in [-0.1, -0.05) is 0 Å². The zero-order chi connectivity index (χ0) is 16.4. The molecule has 1 atom stereocenters. The number of amides is 2. The largest absolute Gasteiger partial charge is 0.340 e. The second-order valence-corrected chi connectivity index (χ2v) is 5.37. The highest BCUT2D eigenvalue weighted by Gasteiger charge is 2.34. The van der Waals surface area contributed by atoms with Gasteiger partial charge in [-0.25, -0.2) is 0 Å². The molecule has 1 N–H and O–H groups in total. The van der Waals surface area contributed by atoms with E-state index in [1.54, 1.807) is 53.3 Å². The number of nitrogens with one attached hydrogen (secondary N) is 1. The smallest absolute Gasteiger partial charge is 0.251 e. The second kappa shape index (κ2) is 5.93. The molecule has 1 saturated heterocycles. The Hall–Kier alpha value is -3.14. The Morgan fingerprint density at radius 2 is 2.13 bits per heavy atom. The van der Waals surface area contributed by atoms with E-state index in [4.69, 9.17) is 5.26 Å². The van der Waals surface area contributed by atoms with Gasteiger partial charge in [0.1, 0.15) is 6.04 Å². The number of rotatable bonds is 3. The third-order valence-corrected chi connectivity index (χ3v) is 3.79. The first-order valence-electron chi connectivity index (χ1n) is 7.19. The van der Waals surface area contributed by atoms with Crippen LogP contribution in [-0.2, 0) is 11.8 Å². The van der Waals surface area contributed by atoms with Crippen LogP contribution in [0.2, 0.25) is 0 Å². The molecule has 0 aliphatic carbocycles. The molecule has 1 fully saturated rings. The summed E-state index contributed by atoms with van der Waals surface area (Å²) in [6, 6.07) is 7.76. The molecular weight excluding hydrogens is 294 g/mol. The summed E-state index contributed by atoms with van der Waals surface area (Å²) in [5.74, 6) is -0.458. The summed E-state index contributed by atoms with van der Waals surface area (Å²) in [6.45, 7) is 0.544. The van der Waals surface area contributed by atoms with Gasteiger partial charge in [-0.3, -0.25) is 14.3 Å². The summed E-state index contributed by atoms with van der Waals surface area (Å²) < 4.78 is 1.63. The third kappa shape index (κ3) is 2.92. The summed E-state index contributed by atoms with van der Waals surface area (Å²) in [7, 11) is 1.79. The van der Waals surface area contributed by atoms with Gasteiger partial charge in [0.15, 0.2) is 0 Å². The van der Waals surface area contributed by atoms with E-state index in [0.29, 0.717) is 24.1 Å². The quantitative estimate of drug-likeness (QED) is 0.909. The van der Waals surface area contributed by atoms with Crippen molar-refractivity contribution in [1.82, 2.24) is 15.1 Å². The van der Waals surface area contributed by atoms with Gasteiger partial charge in [-0.15, -0.1) is 0 Å². The van der Waals surface area contributed by atoms with Crippen LogP contribution < -0.4 is 10.2 Å². The maximum absolute atomic E-state index is 12.4. The number of carbonyl (C=O) groups is 2. The van der Waals surface area contributed by atoms with Crippen LogP contribution in [0.1, 0.15) is 22.3 Å². The minimum Gasteiger partial charge on any atom is -0.340 e. The van der Waals surface area contributed by atoms with E-state index in [1.807, 2.05) is 6.07 Å². The molecule has 2 heterocycles. The lowest BCUT2D eigenvalue weighted by molar-refractivity contribution is -0.118. The first-order chi connectivity index (χ1) is 11.1. The van der Waals surface area contributed by atoms with E-state index in [1.165, 1.54) is 0 Å². The van der Waals surface area contributed by atoms with E-state index in [2.05, 4.69) is 10.4 Å². The van der Waals surface area contributed by atoms with Crippen LogP contribution in [0.5, 0.6) is 0 Å². The number of carbonyl (C=O) groups excluding carboxylic acids is 2. The van der Waals surface area contributed by atoms with E-state index in [-0.39, 0.29) is 11.8 Å². The second-order valence-electron chi connectivity index (χ2n) is 5.37. The zero-order valence-electron chi connectivity index (χ0n) is 12.6. The molecule has 116 valence electrons. The topological polar surface area (TPSA) is 91.0 Å². The molecule has 3 rings (SSSR count). The van der Waals surface area contributed by atoms with Gasteiger partial charge in [-0.05, 0) is 30.7 Å². The first kappa shape index (κ1) is 14.8. The van der Waals surface area contributed by atoms with Crippen LogP contribution in [-0.4, -0.2) is 34.2 Å². The number of hydrogen-bond acceptors (Lipinski definition) is 4. The van der Waals surface area contributed by atoms with Crippen molar-refractivity contribution in [2.75, 3.05) is 11.4 Å². The number of aryl methyl sites for hydroxylation is 1. The number of nitrogens with zero attached hydrogens (tertiary/aromatic N) is 4. The van der Waals surface area contributed by atoms with E-state index in [0.717, 1.165) is 5.69 Å². The molecule has 0 spiro atoms. The third-order valence-electron chi connectivity index (χ3n) is 3.79. The van der Waals surface area contributed by atoms with Gasteiger partial charge in [0.05, 0.1) is 23.5 Å². The van der Waals surface area contributed by atoms with Gasteiger partial charge in [0.25, 0.3) is 5.91 Å². The average molecular weight is 309 g/mol. The Bertz CT molecular complexity index is 788.